The first-order valence-electron chi connectivity index (χ1n) is 7.79. The largest absolute Gasteiger partial charge is 0.364 e. The van der Waals surface area contributed by atoms with Crippen LogP contribution in [0.15, 0.2) is 60.7 Å². The van der Waals surface area contributed by atoms with Crippen molar-refractivity contribution < 1.29 is 13.6 Å². The van der Waals surface area contributed by atoms with E-state index in [1.54, 1.807) is 0 Å². The van der Waals surface area contributed by atoms with Gasteiger partial charge in [0, 0.05) is 17.2 Å². The molecular weight excluding hydrogens is 354 g/mol. The van der Waals surface area contributed by atoms with E-state index in [1.165, 1.54) is 12.1 Å². The average molecular weight is 366 g/mol. The van der Waals surface area contributed by atoms with Crippen LogP contribution >= 0.6 is 11.3 Å². The van der Waals surface area contributed by atoms with Crippen molar-refractivity contribution in [2.45, 2.75) is 0 Å². The van der Waals surface area contributed by atoms with Crippen LogP contribution in [-0.4, -0.2) is 10.9 Å². The Morgan fingerprint density at radius 1 is 0.962 bits per heavy atom. The summed E-state index contributed by atoms with van der Waals surface area (Å²) in [5, 5.41) is 1.98. The number of nitrogens with two attached hydrogens (primary N) is 1. The van der Waals surface area contributed by atoms with Crippen LogP contribution in [0.5, 0.6) is 0 Å². The van der Waals surface area contributed by atoms with Crippen molar-refractivity contribution >= 4 is 28.0 Å². The molecule has 0 radical (unpaired) electrons. The number of carbonyl (C=O) groups excluding carboxylic acids is 1. The fraction of sp³-hybridized carbons (Fsp3) is 0. The third kappa shape index (κ3) is 2.74. The highest BCUT2D eigenvalue weighted by Crippen LogP contribution is 2.40. The first-order valence-corrected chi connectivity index (χ1v) is 8.60. The topological polar surface area (TPSA) is 56.0 Å². The van der Waals surface area contributed by atoms with Gasteiger partial charge < -0.3 is 5.73 Å². The molecule has 128 valence electrons. The van der Waals surface area contributed by atoms with Crippen molar-refractivity contribution in [1.82, 2.24) is 4.98 Å². The lowest BCUT2D eigenvalue weighted by Gasteiger charge is -2.08. The van der Waals surface area contributed by atoms with E-state index in [1.807, 2.05) is 42.5 Å². The highest BCUT2D eigenvalue weighted by Gasteiger charge is 2.21. The van der Waals surface area contributed by atoms with Gasteiger partial charge in [0.05, 0.1) is 10.6 Å². The zero-order valence-electron chi connectivity index (χ0n) is 13.4. The van der Waals surface area contributed by atoms with Gasteiger partial charge in [-0.25, -0.2) is 13.8 Å². The van der Waals surface area contributed by atoms with Gasteiger partial charge in [0.15, 0.2) is 5.01 Å². The Bertz CT molecular complexity index is 1150. The van der Waals surface area contributed by atoms with Crippen LogP contribution in [0.1, 0.15) is 9.80 Å². The maximum atomic E-state index is 14.4. The molecule has 0 saturated carbocycles. The van der Waals surface area contributed by atoms with Crippen LogP contribution < -0.4 is 5.73 Å². The number of carbonyl (C=O) groups is 1. The number of thiazole rings is 1. The SMILES string of the molecule is NC(=O)c1nc(-c2cccc3ccccc23)c(-c2ccc(F)cc2F)s1. The van der Waals surface area contributed by atoms with Gasteiger partial charge in [-0.3, -0.25) is 4.79 Å². The smallest absolute Gasteiger partial charge is 0.277 e. The molecule has 3 nitrogen and oxygen atoms in total. The van der Waals surface area contributed by atoms with Crippen molar-refractivity contribution in [2.24, 2.45) is 5.73 Å². The molecule has 0 atom stereocenters. The number of nitrogens with zero attached hydrogens (tertiary/aromatic N) is 1. The minimum absolute atomic E-state index is 0.0756. The number of benzene rings is 3. The van der Waals surface area contributed by atoms with Crippen LogP contribution in [0.3, 0.4) is 0 Å². The maximum absolute atomic E-state index is 14.4. The maximum Gasteiger partial charge on any atom is 0.277 e. The van der Waals surface area contributed by atoms with E-state index in [-0.39, 0.29) is 10.6 Å². The fourth-order valence-corrected chi connectivity index (χ4v) is 3.85. The number of fused-ring (bicyclic) bond motifs is 1. The number of hydrogen-bond donors (Lipinski definition) is 1. The predicted octanol–water partition coefficient (Wildman–Crippen LogP) is 5.01. The third-order valence-electron chi connectivity index (χ3n) is 4.06. The van der Waals surface area contributed by atoms with Gasteiger partial charge in [-0.15, -0.1) is 11.3 Å². The molecule has 1 amide bonds. The first-order chi connectivity index (χ1) is 12.5. The number of primary amides is 1. The lowest BCUT2D eigenvalue weighted by molar-refractivity contribution is 0.1000. The summed E-state index contributed by atoms with van der Waals surface area (Å²) in [6.07, 6.45) is 0. The van der Waals surface area contributed by atoms with Gasteiger partial charge in [0.2, 0.25) is 0 Å². The van der Waals surface area contributed by atoms with Crippen LogP contribution in [0, 0.1) is 11.6 Å². The number of hydrogen-bond acceptors (Lipinski definition) is 3. The summed E-state index contributed by atoms with van der Waals surface area (Å²) in [4.78, 5) is 16.4. The molecule has 2 N–H and O–H groups in total. The second-order valence-electron chi connectivity index (χ2n) is 5.71. The van der Waals surface area contributed by atoms with Crippen molar-refractivity contribution in [3.63, 3.8) is 0 Å². The molecule has 0 saturated heterocycles. The summed E-state index contributed by atoms with van der Waals surface area (Å²) in [7, 11) is 0. The second-order valence-corrected chi connectivity index (χ2v) is 6.71. The lowest BCUT2D eigenvalue weighted by atomic mass is 10.00. The molecular formula is C20H12F2N2OS. The summed E-state index contributed by atoms with van der Waals surface area (Å²) in [6.45, 7) is 0. The van der Waals surface area contributed by atoms with E-state index >= 15 is 0 Å². The molecule has 4 aromatic rings. The molecule has 0 aliphatic rings. The Hall–Kier alpha value is -3.12. The number of amides is 1. The fourth-order valence-electron chi connectivity index (χ4n) is 2.90. The highest BCUT2D eigenvalue weighted by atomic mass is 32.1. The average Bonchev–Trinajstić information content (AvgIpc) is 3.06. The zero-order valence-corrected chi connectivity index (χ0v) is 14.2. The van der Waals surface area contributed by atoms with Crippen molar-refractivity contribution in [3.8, 4) is 21.7 Å². The van der Waals surface area contributed by atoms with E-state index in [9.17, 15) is 13.6 Å². The molecule has 1 heterocycles. The molecule has 0 unspecified atom stereocenters. The van der Waals surface area contributed by atoms with Crippen LogP contribution in [-0.2, 0) is 0 Å². The van der Waals surface area contributed by atoms with Crippen molar-refractivity contribution in [2.75, 3.05) is 0 Å². The van der Waals surface area contributed by atoms with Crippen molar-refractivity contribution in [3.05, 3.63) is 77.3 Å². The van der Waals surface area contributed by atoms with Gasteiger partial charge in [-0.1, -0.05) is 42.5 Å². The van der Waals surface area contributed by atoms with Gasteiger partial charge in [0.1, 0.15) is 11.6 Å². The van der Waals surface area contributed by atoms with Gasteiger partial charge >= 0.3 is 0 Å². The molecule has 0 fully saturated rings. The van der Waals surface area contributed by atoms with Crippen LogP contribution in [0.4, 0.5) is 8.78 Å². The normalized spacial score (nSPS) is 11.0. The predicted molar refractivity (Wildman–Crippen MR) is 98.9 cm³/mol. The molecule has 0 bridgehead atoms. The first kappa shape index (κ1) is 16.4. The Morgan fingerprint density at radius 2 is 1.73 bits per heavy atom. The summed E-state index contributed by atoms with van der Waals surface area (Å²) < 4.78 is 27.7. The molecule has 1 aromatic heterocycles. The van der Waals surface area contributed by atoms with E-state index in [0.29, 0.717) is 10.6 Å². The van der Waals surface area contributed by atoms with Gasteiger partial charge in [-0.2, -0.15) is 0 Å². The quantitative estimate of drug-likeness (QED) is 0.554. The Labute approximate surface area is 151 Å². The summed E-state index contributed by atoms with van der Waals surface area (Å²) >= 11 is 0.996. The lowest BCUT2D eigenvalue weighted by Crippen LogP contribution is -2.10. The second kappa shape index (κ2) is 6.31. The van der Waals surface area contributed by atoms with Crippen LogP contribution in [0.2, 0.25) is 0 Å². The molecule has 0 aliphatic heterocycles. The van der Waals surface area contributed by atoms with E-state index in [4.69, 9.17) is 5.73 Å². The molecule has 6 heteroatoms. The van der Waals surface area contributed by atoms with E-state index in [0.717, 1.165) is 33.7 Å². The Morgan fingerprint density at radius 3 is 2.50 bits per heavy atom. The minimum Gasteiger partial charge on any atom is -0.364 e. The van der Waals surface area contributed by atoms with Crippen LogP contribution in [0.25, 0.3) is 32.5 Å². The van der Waals surface area contributed by atoms with Crippen molar-refractivity contribution in [1.29, 1.82) is 0 Å². The number of aromatic nitrogens is 1. The van der Waals surface area contributed by atoms with Gasteiger partial charge in [-0.05, 0) is 22.9 Å². The van der Waals surface area contributed by atoms with E-state index < -0.39 is 17.5 Å². The van der Waals surface area contributed by atoms with E-state index in [2.05, 4.69) is 4.98 Å². The molecule has 4 rings (SSSR count). The van der Waals surface area contributed by atoms with Gasteiger partial charge in [0.25, 0.3) is 5.91 Å². The zero-order chi connectivity index (χ0) is 18.3. The standard InChI is InChI=1S/C20H12F2N2OS/c21-12-8-9-15(16(22)10-12)18-17(24-20(26-18)19(23)25)14-7-3-5-11-4-1-2-6-13(11)14/h1-10H,(H2,23,25). The summed E-state index contributed by atoms with van der Waals surface area (Å²) in [5.74, 6) is -2.07. The Balaban J connectivity index is 2.03. The molecule has 0 spiro atoms. The number of halogens is 2. The monoisotopic (exact) mass is 366 g/mol. The third-order valence-corrected chi connectivity index (χ3v) is 5.16. The summed E-state index contributed by atoms with van der Waals surface area (Å²) in [6, 6.07) is 16.7. The molecule has 3 aromatic carbocycles. The highest BCUT2D eigenvalue weighted by molar-refractivity contribution is 7.17. The molecule has 0 aliphatic carbocycles. The molecule has 26 heavy (non-hydrogen) atoms. The minimum atomic E-state index is -0.717. The summed E-state index contributed by atoms with van der Waals surface area (Å²) in [5.41, 5.74) is 6.77. The Kier molecular flexibility index (Phi) is 3.97. The number of rotatable bonds is 3.